The Balaban J connectivity index is 1.34. The van der Waals surface area contributed by atoms with E-state index in [4.69, 9.17) is 9.40 Å². The maximum atomic E-state index is 6.16. The number of hydrogen-bond donors (Lipinski definition) is 0. The van der Waals surface area contributed by atoms with Gasteiger partial charge in [0.2, 0.25) is 5.89 Å². The van der Waals surface area contributed by atoms with Crippen molar-refractivity contribution in [3.05, 3.63) is 145 Å². The molecule has 0 amide bonds. The number of aromatic nitrogens is 1. The highest BCUT2D eigenvalue weighted by atomic mass is 16.3. The van der Waals surface area contributed by atoms with Crippen LogP contribution in [0.3, 0.4) is 0 Å². The summed E-state index contributed by atoms with van der Waals surface area (Å²) in [5.74, 6) is 0.631. The number of benzene rings is 6. The van der Waals surface area contributed by atoms with Crippen LogP contribution in [0, 0.1) is 0 Å². The molecule has 0 fully saturated rings. The Morgan fingerprint density at radius 1 is 0.610 bits per heavy atom. The van der Waals surface area contributed by atoms with E-state index in [9.17, 15) is 0 Å². The molecule has 3 heteroatoms. The molecular weight excluding hydrogens is 500 g/mol. The standard InChI is InChI=1S/C38H28N2O/c1-38(2)32-17-9-8-16-30(32)31-21-19-27(23-33(31)38)40(35-18-10-14-25-11-6-7-15-29(25)35)28-20-22-36-34(24-28)39-37(41-36)26-12-4-3-5-13-26/h3-24H,1-2H3. The Kier molecular flexibility index (Phi) is 5.17. The molecule has 6 aromatic carbocycles. The van der Waals surface area contributed by atoms with E-state index in [1.54, 1.807) is 0 Å². The maximum absolute atomic E-state index is 6.16. The average Bonchev–Trinajstić information content (AvgIpc) is 3.54. The normalized spacial score (nSPS) is 13.3. The topological polar surface area (TPSA) is 29.3 Å². The van der Waals surface area contributed by atoms with E-state index in [0.29, 0.717) is 5.89 Å². The van der Waals surface area contributed by atoms with Gasteiger partial charge in [0.25, 0.3) is 0 Å². The minimum atomic E-state index is -0.0903. The lowest BCUT2D eigenvalue weighted by atomic mass is 9.82. The summed E-state index contributed by atoms with van der Waals surface area (Å²) in [6.07, 6.45) is 0. The van der Waals surface area contributed by atoms with Gasteiger partial charge in [0, 0.05) is 27.7 Å². The van der Waals surface area contributed by atoms with Crippen LogP contribution in [0.1, 0.15) is 25.0 Å². The SMILES string of the molecule is CC1(C)c2ccccc2-c2ccc(N(c3ccc4oc(-c5ccccc5)nc4c3)c3cccc4ccccc34)cc21. The summed E-state index contributed by atoms with van der Waals surface area (Å²) in [5, 5.41) is 2.40. The summed E-state index contributed by atoms with van der Waals surface area (Å²) in [6, 6.07) is 47.2. The van der Waals surface area contributed by atoms with E-state index in [1.165, 1.54) is 33.0 Å². The van der Waals surface area contributed by atoms with Crippen molar-refractivity contribution < 1.29 is 4.42 Å². The molecule has 1 heterocycles. The predicted molar refractivity (Wildman–Crippen MR) is 169 cm³/mol. The second kappa shape index (κ2) is 8.94. The molecule has 41 heavy (non-hydrogen) atoms. The molecule has 3 nitrogen and oxygen atoms in total. The van der Waals surface area contributed by atoms with Crippen molar-refractivity contribution in [1.82, 2.24) is 4.98 Å². The monoisotopic (exact) mass is 528 g/mol. The van der Waals surface area contributed by atoms with Gasteiger partial charge in [-0.3, -0.25) is 0 Å². The molecule has 0 atom stereocenters. The van der Waals surface area contributed by atoms with Gasteiger partial charge in [0.05, 0.1) is 5.69 Å². The molecule has 1 aromatic heterocycles. The first-order valence-electron chi connectivity index (χ1n) is 14.1. The third-order valence-corrected chi connectivity index (χ3v) is 8.48. The Bertz CT molecular complexity index is 2080. The van der Waals surface area contributed by atoms with E-state index in [0.717, 1.165) is 33.7 Å². The fourth-order valence-corrected chi connectivity index (χ4v) is 6.42. The van der Waals surface area contributed by atoms with Crippen molar-refractivity contribution in [2.45, 2.75) is 19.3 Å². The van der Waals surface area contributed by atoms with Crippen LogP contribution >= 0.6 is 0 Å². The predicted octanol–water partition coefficient (Wildman–Crippen LogP) is 10.4. The summed E-state index contributed by atoms with van der Waals surface area (Å²) in [5.41, 5.74) is 11.1. The maximum Gasteiger partial charge on any atom is 0.227 e. The Morgan fingerprint density at radius 3 is 2.22 bits per heavy atom. The molecule has 0 unspecified atom stereocenters. The smallest absolute Gasteiger partial charge is 0.227 e. The Hall–Kier alpha value is -5.15. The molecule has 1 aliphatic rings. The van der Waals surface area contributed by atoms with Crippen LogP contribution in [0.4, 0.5) is 17.1 Å². The highest BCUT2D eigenvalue weighted by Gasteiger charge is 2.35. The van der Waals surface area contributed by atoms with Crippen molar-refractivity contribution in [3.63, 3.8) is 0 Å². The molecule has 0 saturated heterocycles. The van der Waals surface area contributed by atoms with Gasteiger partial charge in [0.1, 0.15) is 5.52 Å². The first-order valence-corrected chi connectivity index (χ1v) is 14.1. The molecule has 0 N–H and O–H groups in total. The van der Waals surface area contributed by atoms with Gasteiger partial charge in [-0.25, -0.2) is 4.98 Å². The van der Waals surface area contributed by atoms with Gasteiger partial charge in [-0.2, -0.15) is 0 Å². The number of hydrogen-bond acceptors (Lipinski definition) is 3. The van der Waals surface area contributed by atoms with Crippen molar-refractivity contribution in [2.75, 3.05) is 4.90 Å². The van der Waals surface area contributed by atoms with Gasteiger partial charge >= 0.3 is 0 Å². The van der Waals surface area contributed by atoms with Gasteiger partial charge in [-0.05, 0) is 76.2 Å². The van der Waals surface area contributed by atoms with Crippen LogP contribution < -0.4 is 4.90 Å². The van der Waals surface area contributed by atoms with Crippen LogP contribution in [0.15, 0.2) is 138 Å². The van der Waals surface area contributed by atoms with Crippen molar-refractivity contribution >= 4 is 38.9 Å². The molecule has 0 spiro atoms. The fourth-order valence-electron chi connectivity index (χ4n) is 6.42. The Morgan fingerprint density at radius 2 is 1.32 bits per heavy atom. The zero-order chi connectivity index (χ0) is 27.6. The first-order chi connectivity index (χ1) is 20.1. The molecule has 196 valence electrons. The summed E-state index contributed by atoms with van der Waals surface area (Å²) in [7, 11) is 0. The largest absolute Gasteiger partial charge is 0.436 e. The van der Waals surface area contributed by atoms with E-state index >= 15 is 0 Å². The highest BCUT2D eigenvalue weighted by molar-refractivity contribution is 6.00. The van der Waals surface area contributed by atoms with Gasteiger partial charge in [-0.1, -0.05) is 98.8 Å². The van der Waals surface area contributed by atoms with E-state index in [2.05, 4.69) is 116 Å². The van der Waals surface area contributed by atoms with E-state index < -0.39 is 0 Å². The fraction of sp³-hybridized carbons (Fsp3) is 0.0789. The minimum absolute atomic E-state index is 0.0903. The lowest BCUT2D eigenvalue weighted by Gasteiger charge is -2.29. The summed E-state index contributed by atoms with van der Waals surface area (Å²) >= 11 is 0. The molecule has 1 aliphatic carbocycles. The van der Waals surface area contributed by atoms with Crippen LogP contribution in [0.5, 0.6) is 0 Å². The van der Waals surface area contributed by atoms with Crippen molar-refractivity contribution in [3.8, 4) is 22.6 Å². The molecule has 8 rings (SSSR count). The number of oxazole rings is 1. The van der Waals surface area contributed by atoms with E-state index in [1.807, 2.05) is 36.4 Å². The molecule has 0 bridgehead atoms. The van der Waals surface area contributed by atoms with Gasteiger partial charge < -0.3 is 9.32 Å². The molecule has 7 aromatic rings. The number of fused-ring (bicyclic) bond motifs is 5. The second-order valence-electron chi connectivity index (χ2n) is 11.3. The van der Waals surface area contributed by atoms with Crippen molar-refractivity contribution in [1.29, 1.82) is 0 Å². The van der Waals surface area contributed by atoms with Crippen LogP contribution in [0.25, 0.3) is 44.5 Å². The second-order valence-corrected chi connectivity index (χ2v) is 11.3. The van der Waals surface area contributed by atoms with Crippen molar-refractivity contribution in [2.24, 2.45) is 0 Å². The van der Waals surface area contributed by atoms with E-state index in [-0.39, 0.29) is 5.41 Å². The third kappa shape index (κ3) is 3.70. The number of nitrogens with zero attached hydrogens (tertiary/aromatic N) is 2. The van der Waals surface area contributed by atoms with Gasteiger partial charge in [0.15, 0.2) is 5.58 Å². The quantitative estimate of drug-likeness (QED) is 0.228. The average molecular weight is 529 g/mol. The van der Waals surface area contributed by atoms with Gasteiger partial charge in [-0.15, -0.1) is 0 Å². The number of rotatable bonds is 4. The zero-order valence-electron chi connectivity index (χ0n) is 23.0. The summed E-state index contributed by atoms with van der Waals surface area (Å²) in [6.45, 7) is 4.66. The third-order valence-electron chi connectivity index (χ3n) is 8.48. The molecule has 0 radical (unpaired) electrons. The van der Waals surface area contributed by atoms with Crippen LogP contribution in [0.2, 0.25) is 0 Å². The van der Waals surface area contributed by atoms with Crippen LogP contribution in [-0.4, -0.2) is 4.98 Å². The highest BCUT2D eigenvalue weighted by Crippen LogP contribution is 2.51. The lowest BCUT2D eigenvalue weighted by Crippen LogP contribution is -2.16. The molecule has 0 saturated carbocycles. The summed E-state index contributed by atoms with van der Waals surface area (Å²) in [4.78, 5) is 7.25. The molecular formula is C38H28N2O. The minimum Gasteiger partial charge on any atom is -0.436 e. The first kappa shape index (κ1) is 23.7. The Labute approximate surface area is 239 Å². The number of anilines is 3. The zero-order valence-corrected chi connectivity index (χ0v) is 23.0. The molecule has 0 aliphatic heterocycles. The lowest BCUT2D eigenvalue weighted by molar-refractivity contribution is 0.620. The summed E-state index contributed by atoms with van der Waals surface area (Å²) < 4.78 is 6.16. The van der Waals surface area contributed by atoms with Crippen LogP contribution in [-0.2, 0) is 5.41 Å².